The van der Waals surface area contributed by atoms with Crippen LogP contribution in [-0.4, -0.2) is 28.1 Å². The summed E-state index contributed by atoms with van der Waals surface area (Å²) in [6.07, 6.45) is 7.76. The summed E-state index contributed by atoms with van der Waals surface area (Å²) < 4.78 is 14.3. The molecule has 1 unspecified atom stereocenters. The van der Waals surface area contributed by atoms with E-state index in [-0.39, 0.29) is 18.3 Å². The fourth-order valence-electron chi connectivity index (χ4n) is 3.42. The topological polar surface area (TPSA) is 36.3 Å². The second-order valence-corrected chi connectivity index (χ2v) is 8.24. The molecule has 0 N–H and O–H groups in total. The van der Waals surface area contributed by atoms with Crippen molar-refractivity contribution in [2.75, 3.05) is 0 Å². The Labute approximate surface area is 142 Å². The molecular formula is C18H33BN2O2. The monoisotopic (exact) mass is 320 g/mol. The average Bonchev–Trinajstić information content (AvgIpc) is 3.09. The molecule has 5 heteroatoms. The van der Waals surface area contributed by atoms with E-state index in [1.165, 1.54) is 19.3 Å². The largest absolute Gasteiger partial charge is 0.498 e. The number of aromatic nitrogens is 2. The van der Waals surface area contributed by atoms with E-state index in [1.54, 1.807) is 0 Å². The van der Waals surface area contributed by atoms with Gasteiger partial charge in [0.2, 0.25) is 0 Å². The predicted octanol–water partition coefficient (Wildman–Crippen LogP) is 3.96. The highest BCUT2D eigenvalue weighted by molar-refractivity contribution is 6.62. The molecule has 1 aromatic heterocycles. The lowest BCUT2D eigenvalue weighted by Crippen LogP contribution is -2.41. The van der Waals surface area contributed by atoms with Crippen molar-refractivity contribution in [2.24, 2.45) is 5.41 Å². The first-order valence-electron chi connectivity index (χ1n) is 9.02. The molecule has 0 bridgehead atoms. The summed E-state index contributed by atoms with van der Waals surface area (Å²) in [5, 5.41) is 4.59. The number of hydrogen-bond acceptors (Lipinski definition) is 3. The Morgan fingerprint density at radius 2 is 1.65 bits per heavy atom. The maximum absolute atomic E-state index is 6.10. The van der Waals surface area contributed by atoms with Crippen LogP contribution in [-0.2, 0) is 9.31 Å². The minimum atomic E-state index is -0.312. The number of hydrogen-bond donors (Lipinski definition) is 0. The molecule has 0 amide bonds. The first-order valence-corrected chi connectivity index (χ1v) is 9.02. The van der Waals surface area contributed by atoms with Crippen molar-refractivity contribution in [3.05, 3.63) is 12.4 Å². The second kappa shape index (κ2) is 6.25. The molecule has 3 rings (SSSR count). The van der Waals surface area contributed by atoms with Gasteiger partial charge in [0.05, 0.1) is 17.2 Å². The minimum Gasteiger partial charge on any atom is -0.399 e. The van der Waals surface area contributed by atoms with Gasteiger partial charge >= 0.3 is 7.12 Å². The Balaban J connectivity index is 0.000000924. The van der Waals surface area contributed by atoms with Crippen molar-refractivity contribution in [1.82, 2.24) is 9.78 Å². The average molecular weight is 320 g/mol. The zero-order valence-electron chi connectivity index (χ0n) is 16.1. The molecule has 1 aromatic rings. The molecule has 23 heavy (non-hydrogen) atoms. The molecule has 4 nitrogen and oxygen atoms in total. The normalized spacial score (nSPS) is 27.7. The quantitative estimate of drug-likeness (QED) is 0.774. The van der Waals surface area contributed by atoms with Gasteiger partial charge in [0.1, 0.15) is 0 Å². The van der Waals surface area contributed by atoms with Gasteiger partial charge in [-0.25, -0.2) is 0 Å². The summed E-state index contributed by atoms with van der Waals surface area (Å²) in [5.74, 6) is 0. The molecule has 1 aliphatic heterocycles. The molecule has 1 atom stereocenters. The zero-order chi connectivity index (χ0) is 17.5. The lowest BCUT2D eigenvalue weighted by Gasteiger charge is -2.32. The smallest absolute Gasteiger partial charge is 0.399 e. The van der Waals surface area contributed by atoms with Crippen LogP contribution < -0.4 is 5.46 Å². The Kier molecular flexibility index (Phi) is 5.03. The third-order valence-corrected chi connectivity index (χ3v) is 5.67. The third-order valence-electron chi connectivity index (χ3n) is 5.67. The number of rotatable bonds is 2. The van der Waals surface area contributed by atoms with Gasteiger partial charge in [-0.05, 0) is 46.0 Å². The van der Waals surface area contributed by atoms with Crippen molar-refractivity contribution >= 4 is 12.6 Å². The first kappa shape index (κ1) is 18.5. The highest BCUT2D eigenvalue weighted by Crippen LogP contribution is 2.45. The summed E-state index contributed by atoms with van der Waals surface area (Å²) in [4.78, 5) is 0. The van der Waals surface area contributed by atoms with Crippen LogP contribution in [0.3, 0.4) is 0 Å². The van der Waals surface area contributed by atoms with E-state index in [9.17, 15) is 0 Å². The Morgan fingerprint density at radius 3 is 2.13 bits per heavy atom. The molecule has 2 aliphatic rings. The Morgan fingerprint density at radius 1 is 1.09 bits per heavy atom. The van der Waals surface area contributed by atoms with Gasteiger partial charge in [-0.2, -0.15) is 5.10 Å². The van der Waals surface area contributed by atoms with Gasteiger partial charge in [-0.3, -0.25) is 4.68 Å². The molecular weight excluding hydrogens is 287 g/mol. The summed E-state index contributed by atoms with van der Waals surface area (Å²) >= 11 is 0. The zero-order valence-corrected chi connectivity index (χ0v) is 16.1. The standard InChI is InChI=1S/C16H27BN2O2.C2H6/c1-14(2)9-7-8-13(14)19-11-12(10-18-19)17-20-15(3,4)16(5,6)21-17;1-2/h10-11,13H,7-9H2,1-6H3;1-2H3. The van der Waals surface area contributed by atoms with Crippen LogP contribution in [0.2, 0.25) is 0 Å². The van der Waals surface area contributed by atoms with E-state index in [1.807, 2.05) is 20.0 Å². The van der Waals surface area contributed by atoms with Crippen molar-refractivity contribution < 1.29 is 9.31 Å². The Bertz CT molecular complexity index is 521. The first-order chi connectivity index (χ1) is 10.6. The predicted molar refractivity (Wildman–Crippen MR) is 96.0 cm³/mol. The molecule has 1 aliphatic carbocycles. The summed E-state index contributed by atoms with van der Waals surface area (Å²) in [5.41, 5.74) is 0.745. The van der Waals surface area contributed by atoms with E-state index in [0.717, 1.165) is 5.46 Å². The second-order valence-electron chi connectivity index (χ2n) is 8.24. The maximum Gasteiger partial charge on any atom is 0.498 e. The lowest BCUT2D eigenvalue weighted by molar-refractivity contribution is 0.00578. The number of nitrogens with zero attached hydrogens (tertiary/aromatic N) is 2. The summed E-state index contributed by atoms with van der Waals surface area (Å²) in [7, 11) is -0.312. The highest BCUT2D eigenvalue weighted by atomic mass is 16.7. The van der Waals surface area contributed by atoms with Gasteiger partial charge in [0, 0.05) is 17.9 Å². The third kappa shape index (κ3) is 3.36. The molecule has 0 radical (unpaired) electrons. The van der Waals surface area contributed by atoms with Crippen molar-refractivity contribution in [1.29, 1.82) is 0 Å². The van der Waals surface area contributed by atoms with Crippen LogP contribution in [0.25, 0.3) is 0 Å². The fourth-order valence-corrected chi connectivity index (χ4v) is 3.42. The van der Waals surface area contributed by atoms with Crippen molar-refractivity contribution in [3.63, 3.8) is 0 Å². The van der Waals surface area contributed by atoms with Crippen molar-refractivity contribution in [3.8, 4) is 0 Å². The van der Waals surface area contributed by atoms with Crippen LogP contribution in [0.4, 0.5) is 0 Å². The van der Waals surface area contributed by atoms with E-state index in [2.05, 4.69) is 57.5 Å². The summed E-state index contributed by atoms with van der Waals surface area (Å²) in [6.45, 7) is 17.0. The molecule has 130 valence electrons. The maximum atomic E-state index is 6.10. The van der Waals surface area contributed by atoms with Crippen LogP contribution in [0.1, 0.15) is 80.7 Å². The molecule has 1 saturated heterocycles. The van der Waals surface area contributed by atoms with E-state index < -0.39 is 0 Å². The molecule has 0 aromatic carbocycles. The van der Waals surface area contributed by atoms with Gasteiger partial charge in [-0.15, -0.1) is 0 Å². The molecule has 1 saturated carbocycles. The van der Waals surface area contributed by atoms with Gasteiger partial charge in [-0.1, -0.05) is 34.1 Å². The Hall–Kier alpha value is -0.805. The van der Waals surface area contributed by atoms with Crippen molar-refractivity contribution in [2.45, 2.75) is 91.9 Å². The molecule has 2 fully saturated rings. The van der Waals surface area contributed by atoms with Crippen LogP contribution in [0.5, 0.6) is 0 Å². The molecule has 0 spiro atoms. The van der Waals surface area contributed by atoms with Crippen LogP contribution in [0, 0.1) is 5.41 Å². The SMILES string of the molecule is CC.CC1(C)CCCC1n1cc(B2OC(C)(C)C(C)(C)O2)cn1. The van der Waals surface area contributed by atoms with Gasteiger partial charge in [0.25, 0.3) is 0 Å². The minimum absolute atomic E-state index is 0.299. The summed E-state index contributed by atoms with van der Waals surface area (Å²) in [6, 6.07) is 0.480. The van der Waals surface area contributed by atoms with E-state index in [4.69, 9.17) is 9.31 Å². The van der Waals surface area contributed by atoms with Crippen LogP contribution in [0.15, 0.2) is 12.4 Å². The van der Waals surface area contributed by atoms with E-state index in [0.29, 0.717) is 11.5 Å². The van der Waals surface area contributed by atoms with Gasteiger partial charge in [0.15, 0.2) is 0 Å². The fraction of sp³-hybridized carbons (Fsp3) is 0.833. The van der Waals surface area contributed by atoms with E-state index >= 15 is 0 Å². The highest BCUT2D eigenvalue weighted by Gasteiger charge is 2.52. The molecule has 2 heterocycles. The lowest BCUT2D eigenvalue weighted by atomic mass is 9.81. The van der Waals surface area contributed by atoms with Gasteiger partial charge < -0.3 is 9.31 Å². The van der Waals surface area contributed by atoms with Crippen LogP contribution >= 0.6 is 0 Å².